The lowest BCUT2D eigenvalue weighted by atomic mass is 9.99. The predicted molar refractivity (Wildman–Crippen MR) is 70.3 cm³/mol. The van der Waals surface area contributed by atoms with Gasteiger partial charge in [-0.05, 0) is 23.3 Å². The van der Waals surface area contributed by atoms with Gasteiger partial charge in [0.05, 0.1) is 18.7 Å². The fourth-order valence-corrected chi connectivity index (χ4v) is 1.80. The minimum atomic E-state index is -0.338. The van der Waals surface area contributed by atoms with Crippen LogP contribution in [0.5, 0.6) is 0 Å². The van der Waals surface area contributed by atoms with Crippen LogP contribution in [0.15, 0.2) is 54.6 Å². The summed E-state index contributed by atoms with van der Waals surface area (Å²) in [7, 11) is 1.37. The van der Waals surface area contributed by atoms with Crippen molar-refractivity contribution in [2.24, 2.45) is 5.73 Å². The summed E-state index contributed by atoms with van der Waals surface area (Å²) in [6.07, 6.45) is 0. The lowest BCUT2D eigenvalue weighted by molar-refractivity contribution is 0.0600. The minimum absolute atomic E-state index is 0.183. The third-order valence-corrected chi connectivity index (χ3v) is 2.85. The van der Waals surface area contributed by atoms with Crippen LogP contribution in [-0.2, 0) is 4.74 Å². The summed E-state index contributed by atoms with van der Waals surface area (Å²) in [5, 5.41) is 0. The van der Waals surface area contributed by atoms with Crippen molar-refractivity contribution >= 4 is 5.97 Å². The van der Waals surface area contributed by atoms with E-state index >= 15 is 0 Å². The molecular formula is C15H15NO2. The van der Waals surface area contributed by atoms with Crippen LogP contribution in [0.2, 0.25) is 0 Å². The van der Waals surface area contributed by atoms with E-state index in [1.54, 1.807) is 12.1 Å². The van der Waals surface area contributed by atoms with Gasteiger partial charge in [-0.15, -0.1) is 0 Å². The molecule has 3 nitrogen and oxygen atoms in total. The number of esters is 1. The molecular weight excluding hydrogens is 226 g/mol. The molecule has 2 aromatic carbocycles. The van der Waals surface area contributed by atoms with Crippen molar-refractivity contribution in [3.63, 3.8) is 0 Å². The highest BCUT2D eigenvalue weighted by atomic mass is 16.5. The highest BCUT2D eigenvalue weighted by molar-refractivity contribution is 5.89. The number of carbonyl (C=O) groups is 1. The third-order valence-electron chi connectivity index (χ3n) is 2.85. The van der Waals surface area contributed by atoms with Gasteiger partial charge in [0, 0.05) is 0 Å². The average molecular weight is 241 g/mol. The van der Waals surface area contributed by atoms with Gasteiger partial charge in [-0.2, -0.15) is 0 Å². The molecule has 2 rings (SSSR count). The molecule has 18 heavy (non-hydrogen) atoms. The predicted octanol–water partition coefficient (Wildman–Crippen LogP) is 2.52. The standard InChI is InChI=1S/C15H15NO2/c1-18-15(17)13-9-7-12(8-10-13)14(16)11-5-3-2-4-6-11/h2-10,14H,16H2,1H3/t14-/m0/s1. The molecule has 0 aliphatic rings. The first-order valence-electron chi connectivity index (χ1n) is 5.71. The van der Waals surface area contributed by atoms with Gasteiger partial charge < -0.3 is 10.5 Å². The van der Waals surface area contributed by atoms with Crippen molar-refractivity contribution in [2.45, 2.75) is 6.04 Å². The topological polar surface area (TPSA) is 52.3 Å². The van der Waals surface area contributed by atoms with E-state index in [0.717, 1.165) is 11.1 Å². The van der Waals surface area contributed by atoms with Gasteiger partial charge in [0.25, 0.3) is 0 Å². The van der Waals surface area contributed by atoms with Crippen LogP contribution >= 0.6 is 0 Å². The molecule has 0 aliphatic heterocycles. The Bertz CT molecular complexity index is 520. The molecule has 0 heterocycles. The van der Waals surface area contributed by atoms with E-state index in [1.807, 2.05) is 42.5 Å². The number of hydrogen-bond donors (Lipinski definition) is 1. The summed E-state index contributed by atoms with van der Waals surface area (Å²) in [5.74, 6) is -0.338. The van der Waals surface area contributed by atoms with Crippen LogP contribution in [0.4, 0.5) is 0 Å². The molecule has 0 spiro atoms. The summed E-state index contributed by atoms with van der Waals surface area (Å²) in [6.45, 7) is 0. The summed E-state index contributed by atoms with van der Waals surface area (Å²) in [6, 6.07) is 16.8. The average Bonchev–Trinajstić information content (AvgIpc) is 2.47. The maximum absolute atomic E-state index is 11.3. The number of hydrogen-bond acceptors (Lipinski definition) is 3. The molecule has 92 valence electrons. The number of rotatable bonds is 3. The molecule has 0 aromatic heterocycles. The Morgan fingerprint density at radius 1 is 1.00 bits per heavy atom. The van der Waals surface area contributed by atoms with E-state index in [0.29, 0.717) is 5.56 Å². The van der Waals surface area contributed by atoms with Gasteiger partial charge in [0.15, 0.2) is 0 Å². The molecule has 0 amide bonds. The second-order valence-corrected chi connectivity index (χ2v) is 4.00. The number of nitrogens with two attached hydrogens (primary N) is 1. The van der Waals surface area contributed by atoms with Crippen molar-refractivity contribution < 1.29 is 9.53 Å². The maximum atomic E-state index is 11.3. The quantitative estimate of drug-likeness (QED) is 0.840. The van der Waals surface area contributed by atoms with E-state index in [4.69, 9.17) is 5.73 Å². The smallest absolute Gasteiger partial charge is 0.337 e. The highest BCUT2D eigenvalue weighted by Gasteiger charge is 2.10. The molecule has 0 fully saturated rings. The van der Waals surface area contributed by atoms with Crippen molar-refractivity contribution in [1.29, 1.82) is 0 Å². The summed E-state index contributed by atoms with van der Waals surface area (Å²) in [4.78, 5) is 11.3. The zero-order valence-corrected chi connectivity index (χ0v) is 10.2. The number of benzene rings is 2. The summed E-state index contributed by atoms with van der Waals surface area (Å²) in [5.41, 5.74) is 8.70. The Morgan fingerprint density at radius 3 is 2.11 bits per heavy atom. The van der Waals surface area contributed by atoms with Crippen molar-refractivity contribution in [3.8, 4) is 0 Å². The van der Waals surface area contributed by atoms with Crippen LogP contribution in [-0.4, -0.2) is 13.1 Å². The van der Waals surface area contributed by atoms with E-state index in [9.17, 15) is 4.79 Å². The SMILES string of the molecule is COC(=O)c1ccc([C@@H](N)c2ccccc2)cc1. The van der Waals surface area contributed by atoms with Gasteiger partial charge in [-0.3, -0.25) is 0 Å². The second-order valence-electron chi connectivity index (χ2n) is 4.00. The third kappa shape index (κ3) is 2.57. The molecule has 0 aliphatic carbocycles. The minimum Gasteiger partial charge on any atom is -0.465 e. The van der Waals surface area contributed by atoms with E-state index in [2.05, 4.69) is 4.74 Å². The van der Waals surface area contributed by atoms with Gasteiger partial charge in [0.1, 0.15) is 0 Å². The fraction of sp³-hybridized carbons (Fsp3) is 0.133. The monoisotopic (exact) mass is 241 g/mol. The zero-order valence-electron chi connectivity index (χ0n) is 10.2. The Labute approximate surface area is 106 Å². The van der Waals surface area contributed by atoms with E-state index < -0.39 is 0 Å². The van der Waals surface area contributed by atoms with Crippen molar-refractivity contribution in [3.05, 3.63) is 71.3 Å². The number of methoxy groups -OCH3 is 1. The first-order chi connectivity index (χ1) is 8.72. The van der Waals surface area contributed by atoms with Gasteiger partial charge in [-0.1, -0.05) is 42.5 Å². The largest absolute Gasteiger partial charge is 0.465 e. The summed E-state index contributed by atoms with van der Waals surface area (Å²) >= 11 is 0. The van der Waals surface area contributed by atoms with Crippen LogP contribution < -0.4 is 5.73 Å². The molecule has 3 heteroatoms. The molecule has 2 N–H and O–H groups in total. The second kappa shape index (κ2) is 5.47. The van der Waals surface area contributed by atoms with E-state index in [1.165, 1.54) is 7.11 Å². The first kappa shape index (κ1) is 12.3. The van der Waals surface area contributed by atoms with Crippen LogP contribution in [0.1, 0.15) is 27.5 Å². The molecule has 0 saturated heterocycles. The van der Waals surface area contributed by atoms with Crippen molar-refractivity contribution in [1.82, 2.24) is 0 Å². The van der Waals surface area contributed by atoms with E-state index in [-0.39, 0.29) is 12.0 Å². The lowest BCUT2D eigenvalue weighted by Gasteiger charge is -2.12. The number of carbonyl (C=O) groups excluding carboxylic acids is 1. The maximum Gasteiger partial charge on any atom is 0.337 e. The molecule has 0 bridgehead atoms. The molecule has 0 saturated carbocycles. The van der Waals surface area contributed by atoms with Gasteiger partial charge >= 0.3 is 5.97 Å². The van der Waals surface area contributed by atoms with Crippen molar-refractivity contribution in [2.75, 3.05) is 7.11 Å². The molecule has 0 radical (unpaired) electrons. The van der Waals surface area contributed by atoms with Crippen LogP contribution in [0.25, 0.3) is 0 Å². The fourth-order valence-electron chi connectivity index (χ4n) is 1.80. The van der Waals surface area contributed by atoms with Gasteiger partial charge in [0.2, 0.25) is 0 Å². The zero-order chi connectivity index (χ0) is 13.0. The molecule has 2 aromatic rings. The van der Waals surface area contributed by atoms with Crippen LogP contribution in [0, 0.1) is 0 Å². The highest BCUT2D eigenvalue weighted by Crippen LogP contribution is 2.19. The van der Waals surface area contributed by atoms with Crippen LogP contribution in [0.3, 0.4) is 0 Å². The molecule has 0 unspecified atom stereocenters. The summed E-state index contributed by atoms with van der Waals surface area (Å²) < 4.78 is 4.65. The van der Waals surface area contributed by atoms with Gasteiger partial charge in [-0.25, -0.2) is 4.79 Å². The normalized spacial score (nSPS) is 11.9. The lowest BCUT2D eigenvalue weighted by Crippen LogP contribution is -2.12. The molecule has 1 atom stereocenters. The Hall–Kier alpha value is -2.13. The Balaban J connectivity index is 2.22. The first-order valence-corrected chi connectivity index (χ1v) is 5.71. The number of ether oxygens (including phenoxy) is 1. The Kier molecular flexibility index (Phi) is 3.75. The Morgan fingerprint density at radius 2 is 1.56 bits per heavy atom.